The minimum atomic E-state index is 0.638. The Bertz CT molecular complexity index is 516. The highest BCUT2D eigenvalue weighted by Gasteiger charge is 2.08. The maximum Gasteiger partial charge on any atom is 0.219 e. The molecule has 96 valence electrons. The number of hydrogen-bond donors (Lipinski definition) is 2. The number of nitrogen functional groups attached to an aromatic ring is 1. The average molecular weight is 328 g/mol. The Labute approximate surface area is 118 Å². The molecule has 1 heterocycles. The maximum atomic E-state index is 5.28. The number of anilines is 1. The molecule has 5 nitrogen and oxygen atoms in total. The standard InChI is InChI=1S/C11H14BrN5S/c1-17(6-8-4-2-3-5-9(8)12)7-10-15-16-11(14-13)18-10/h2-5H,6-7,13H2,1H3,(H,14,16). The first-order chi connectivity index (χ1) is 8.69. The van der Waals surface area contributed by atoms with Gasteiger partial charge in [-0.2, -0.15) is 0 Å². The quantitative estimate of drug-likeness (QED) is 0.651. The molecule has 2 rings (SSSR count). The van der Waals surface area contributed by atoms with Crippen molar-refractivity contribution in [2.24, 2.45) is 5.84 Å². The first-order valence-electron chi connectivity index (χ1n) is 5.40. The molecule has 0 saturated heterocycles. The first-order valence-corrected chi connectivity index (χ1v) is 7.01. The van der Waals surface area contributed by atoms with Gasteiger partial charge in [-0.1, -0.05) is 45.5 Å². The van der Waals surface area contributed by atoms with E-state index in [0.29, 0.717) is 5.13 Å². The van der Waals surface area contributed by atoms with Crippen LogP contribution in [0, 0.1) is 0 Å². The number of nitrogens with two attached hydrogens (primary N) is 1. The van der Waals surface area contributed by atoms with Crippen molar-refractivity contribution in [2.45, 2.75) is 13.1 Å². The van der Waals surface area contributed by atoms with Gasteiger partial charge in [0.25, 0.3) is 0 Å². The van der Waals surface area contributed by atoms with Gasteiger partial charge >= 0.3 is 0 Å². The highest BCUT2D eigenvalue weighted by molar-refractivity contribution is 9.10. The minimum Gasteiger partial charge on any atom is -0.298 e. The molecular weight excluding hydrogens is 314 g/mol. The fourth-order valence-electron chi connectivity index (χ4n) is 1.58. The molecule has 2 aromatic rings. The van der Waals surface area contributed by atoms with E-state index in [1.807, 2.05) is 18.2 Å². The van der Waals surface area contributed by atoms with E-state index < -0.39 is 0 Å². The van der Waals surface area contributed by atoms with Crippen LogP contribution in [0.4, 0.5) is 5.13 Å². The second kappa shape index (κ2) is 6.24. The molecule has 0 atom stereocenters. The van der Waals surface area contributed by atoms with Crippen LogP contribution in [0.15, 0.2) is 28.7 Å². The summed E-state index contributed by atoms with van der Waals surface area (Å²) in [6.45, 7) is 1.60. The summed E-state index contributed by atoms with van der Waals surface area (Å²) in [6, 6.07) is 8.20. The summed E-state index contributed by atoms with van der Waals surface area (Å²) < 4.78 is 1.12. The van der Waals surface area contributed by atoms with E-state index in [1.165, 1.54) is 16.9 Å². The third-order valence-corrected chi connectivity index (χ3v) is 4.01. The summed E-state index contributed by atoms with van der Waals surface area (Å²) in [5.74, 6) is 5.28. The Morgan fingerprint density at radius 1 is 1.33 bits per heavy atom. The Morgan fingerprint density at radius 2 is 2.11 bits per heavy atom. The third-order valence-electron chi connectivity index (χ3n) is 2.39. The van der Waals surface area contributed by atoms with Gasteiger partial charge in [0.1, 0.15) is 5.01 Å². The lowest BCUT2D eigenvalue weighted by molar-refractivity contribution is 0.317. The summed E-state index contributed by atoms with van der Waals surface area (Å²) in [7, 11) is 2.05. The Hall–Kier alpha value is -1.02. The molecule has 0 spiro atoms. The predicted octanol–water partition coefficient (Wildman–Crippen LogP) is 2.22. The fraction of sp³-hybridized carbons (Fsp3) is 0.273. The molecule has 0 unspecified atom stereocenters. The van der Waals surface area contributed by atoms with Gasteiger partial charge in [-0.15, -0.1) is 10.2 Å². The molecule has 0 aliphatic heterocycles. The summed E-state index contributed by atoms with van der Waals surface area (Å²) in [4.78, 5) is 2.18. The van der Waals surface area contributed by atoms with Gasteiger partial charge in [0.2, 0.25) is 5.13 Å². The van der Waals surface area contributed by atoms with Crippen molar-refractivity contribution in [1.82, 2.24) is 15.1 Å². The SMILES string of the molecule is CN(Cc1nnc(NN)s1)Cc1ccccc1Br. The van der Waals surface area contributed by atoms with Crippen molar-refractivity contribution in [2.75, 3.05) is 12.5 Å². The zero-order valence-corrected chi connectivity index (χ0v) is 12.3. The van der Waals surface area contributed by atoms with E-state index in [-0.39, 0.29) is 0 Å². The number of nitrogens with one attached hydrogen (secondary N) is 1. The predicted molar refractivity (Wildman–Crippen MR) is 77.0 cm³/mol. The topological polar surface area (TPSA) is 67.1 Å². The van der Waals surface area contributed by atoms with Gasteiger partial charge in [-0.25, -0.2) is 5.84 Å². The zero-order valence-electron chi connectivity index (χ0n) is 9.93. The highest BCUT2D eigenvalue weighted by Crippen LogP contribution is 2.19. The van der Waals surface area contributed by atoms with Gasteiger partial charge in [-0.05, 0) is 18.7 Å². The van der Waals surface area contributed by atoms with E-state index in [2.05, 4.69) is 49.6 Å². The van der Waals surface area contributed by atoms with E-state index in [4.69, 9.17) is 5.84 Å². The third kappa shape index (κ3) is 3.49. The molecule has 0 amide bonds. The van der Waals surface area contributed by atoms with Gasteiger partial charge in [0.05, 0.1) is 6.54 Å². The lowest BCUT2D eigenvalue weighted by Gasteiger charge is -2.15. The van der Waals surface area contributed by atoms with Crippen molar-refractivity contribution in [3.8, 4) is 0 Å². The van der Waals surface area contributed by atoms with Crippen molar-refractivity contribution >= 4 is 32.4 Å². The molecule has 0 radical (unpaired) electrons. The molecule has 1 aromatic heterocycles. The summed E-state index contributed by atoms with van der Waals surface area (Å²) in [5.41, 5.74) is 3.75. The van der Waals surface area contributed by atoms with E-state index >= 15 is 0 Å². The Kier molecular flexibility index (Phi) is 4.65. The van der Waals surface area contributed by atoms with Gasteiger partial charge < -0.3 is 0 Å². The number of nitrogens with zero attached hydrogens (tertiary/aromatic N) is 3. The van der Waals surface area contributed by atoms with Crippen LogP contribution in [0.3, 0.4) is 0 Å². The normalized spacial score (nSPS) is 10.9. The molecule has 0 fully saturated rings. The summed E-state index contributed by atoms with van der Waals surface area (Å²) in [5, 5.41) is 9.55. The molecule has 0 aliphatic rings. The van der Waals surface area contributed by atoms with Gasteiger partial charge in [-0.3, -0.25) is 10.3 Å². The van der Waals surface area contributed by atoms with Crippen LogP contribution < -0.4 is 11.3 Å². The smallest absolute Gasteiger partial charge is 0.219 e. The van der Waals surface area contributed by atoms with Crippen LogP contribution in [0.2, 0.25) is 0 Å². The van der Waals surface area contributed by atoms with Crippen LogP contribution >= 0.6 is 27.3 Å². The number of aromatic nitrogens is 2. The average Bonchev–Trinajstić information content (AvgIpc) is 2.80. The Morgan fingerprint density at radius 3 is 2.78 bits per heavy atom. The highest BCUT2D eigenvalue weighted by atomic mass is 79.9. The van der Waals surface area contributed by atoms with E-state index in [0.717, 1.165) is 22.6 Å². The number of hydrazine groups is 1. The summed E-state index contributed by atoms with van der Waals surface area (Å²) >= 11 is 5.01. The molecule has 3 N–H and O–H groups in total. The summed E-state index contributed by atoms with van der Waals surface area (Å²) in [6.07, 6.45) is 0. The largest absolute Gasteiger partial charge is 0.298 e. The second-order valence-electron chi connectivity index (χ2n) is 3.91. The van der Waals surface area contributed by atoms with Crippen LogP contribution in [0.25, 0.3) is 0 Å². The van der Waals surface area contributed by atoms with E-state index in [1.54, 1.807) is 0 Å². The monoisotopic (exact) mass is 327 g/mol. The van der Waals surface area contributed by atoms with Gasteiger partial charge in [0, 0.05) is 11.0 Å². The van der Waals surface area contributed by atoms with Crippen molar-refractivity contribution in [3.05, 3.63) is 39.3 Å². The maximum absolute atomic E-state index is 5.28. The van der Waals surface area contributed by atoms with Crippen molar-refractivity contribution in [1.29, 1.82) is 0 Å². The molecule has 0 bridgehead atoms. The van der Waals surface area contributed by atoms with E-state index in [9.17, 15) is 0 Å². The van der Waals surface area contributed by atoms with Crippen LogP contribution in [-0.4, -0.2) is 22.1 Å². The number of rotatable bonds is 5. The molecule has 1 aromatic carbocycles. The number of halogens is 1. The van der Waals surface area contributed by atoms with Crippen molar-refractivity contribution in [3.63, 3.8) is 0 Å². The van der Waals surface area contributed by atoms with Crippen LogP contribution in [-0.2, 0) is 13.1 Å². The molecule has 7 heteroatoms. The molecule has 18 heavy (non-hydrogen) atoms. The molecular formula is C11H14BrN5S. The first kappa shape index (κ1) is 13.4. The van der Waals surface area contributed by atoms with Crippen molar-refractivity contribution < 1.29 is 0 Å². The Balaban J connectivity index is 1.96. The van der Waals surface area contributed by atoms with Crippen LogP contribution in [0.1, 0.15) is 10.6 Å². The fourth-order valence-corrected chi connectivity index (χ4v) is 2.72. The molecule has 0 aliphatic carbocycles. The molecule has 0 saturated carbocycles. The lowest BCUT2D eigenvalue weighted by Crippen LogP contribution is -2.17. The lowest BCUT2D eigenvalue weighted by atomic mass is 10.2. The zero-order chi connectivity index (χ0) is 13.0. The number of benzene rings is 1. The van der Waals surface area contributed by atoms with Crippen LogP contribution in [0.5, 0.6) is 0 Å². The number of hydrogen-bond acceptors (Lipinski definition) is 6. The minimum absolute atomic E-state index is 0.638. The van der Waals surface area contributed by atoms with Gasteiger partial charge in [0.15, 0.2) is 0 Å². The second-order valence-corrected chi connectivity index (χ2v) is 5.83.